The lowest BCUT2D eigenvalue weighted by Gasteiger charge is -2.38. The number of aliphatic hydroxyl groups is 1. The molecule has 47 heavy (non-hydrogen) atoms. The number of carbonyl (C=O) groups excluding carboxylic acids is 4. The Morgan fingerprint density at radius 2 is 1.55 bits per heavy atom. The number of carboxylic acid groups (broad SMARTS) is 1. The second-order valence-corrected chi connectivity index (χ2v) is 12.1. The third-order valence-corrected chi connectivity index (χ3v) is 8.64. The maximum absolute atomic E-state index is 13.8. The molecule has 2 aliphatic heterocycles. The van der Waals surface area contributed by atoms with Gasteiger partial charge in [0.15, 0.2) is 0 Å². The highest BCUT2D eigenvalue weighted by atomic mass is 16.4. The Labute approximate surface area is 272 Å². The summed E-state index contributed by atoms with van der Waals surface area (Å²) in [6.45, 7) is 0. The lowest BCUT2D eigenvalue weighted by molar-refractivity contribution is -0.147. The molecule has 5 N–H and O–H groups in total. The summed E-state index contributed by atoms with van der Waals surface area (Å²) in [4.78, 5) is 71.1. The lowest BCUT2D eigenvalue weighted by Crippen LogP contribution is -2.61. The number of amides is 4. The minimum atomic E-state index is -1.13. The average molecular weight is 642 g/mol. The highest BCUT2D eigenvalue weighted by Crippen LogP contribution is 2.33. The molecule has 2 saturated heterocycles. The second-order valence-electron chi connectivity index (χ2n) is 12.1. The van der Waals surface area contributed by atoms with Gasteiger partial charge in [0.25, 0.3) is 0 Å². The molecule has 0 aliphatic carbocycles. The van der Waals surface area contributed by atoms with Crippen molar-refractivity contribution in [3.63, 3.8) is 0 Å². The minimum Gasteiger partial charge on any atom is -0.481 e. The quantitative estimate of drug-likeness (QED) is 0.185. The maximum atomic E-state index is 13.8. The smallest absolute Gasteiger partial charge is 0.305 e. The van der Waals surface area contributed by atoms with E-state index in [1.807, 2.05) is 60.7 Å². The van der Waals surface area contributed by atoms with Crippen LogP contribution in [0.15, 0.2) is 85.2 Å². The molecule has 0 radical (unpaired) electrons. The fourth-order valence-corrected chi connectivity index (χ4v) is 6.42. The molecule has 2 aromatic carbocycles. The predicted octanol–water partition coefficient (Wildman–Crippen LogP) is 1.16. The third kappa shape index (κ3) is 8.79. The van der Waals surface area contributed by atoms with Crippen LogP contribution in [0.25, 0.3) is 0 Å². The van der Waals surface area contributed by atoms with E-state index in [4.69, 9.17) is 0 Å². The Morgan fingerprint density at radius 3 is 2.21 bits per heavy atom. The van der Waals surface area contributed by atoms with Crippen LogP contribution >= 0.6 is 0 Å². The number of rotatable bonds is 13. The molecule has 0 unspecified atom stereocenters. The van der Waals surface area contributed by atoms with Crippen LogP contribution in [-0.2, 0) is 43.2 Å². The molecule has 0 spiro atoms. The summed E-state index contributed by atoms with van der Waals surface area (Å²) in [5.74, 6) is -3.09. The Kier molecular flexibility index (Phi) is 10.9. The summed E-state index contributed by atoms with van der Waals surface area (Å²) in [6, 6.07) is 17.3. The van der Waals surface area contributed by atoms with Gasteiger partial charge in [-0.3, -0.25) is 29.0 Å². The fourth-order valence-electron chi connectivity index (χ4n) is 6.42. The highest BCUT2D eigenvalue weighted by molar-refractivity contribution is 5.95. The summed E-state index contributed by atoms with van der Waals surface area (Å²) < 4.78 is 0. The molecule has 0 bridgehead atoms. The van der Waals surface area contributed by atoms with Gasteiger partial charge in [0.2, 0.25) is 23.6 Å². The summed E-state index contributed by atoms with van der Waals surface area (Å²) in [6.07, 6.45) is 2.98. The number of hydrogen-bond acceptors (Lipinski definition) is 7. The van der Waals surface area contributed by atoms with Gasteiger partial charge in [-0.05, 0) is 42.0 Å². The van der Waals surface area contributed by atoms with Crippen molar-refractivity contribution in [3.05, 3.63) is 102 Å². The van der Waals surface area contributed by atoms with E-state index in [1.165, 1.54) is 4.90 Å². The number of carboxylic acids is 1. The van der Waals surface area contributed by atoms with Gasteiger partial charge in [0.1, 0.15) is 18.1 Å². The normalized spacial score (nSPS) is 21.6. The van der Waals surface area contributed by atoms with Gasteiger partial charge >= 0.3 is 5.97 Å². The largest absolute Gasteiger partial charge is 0.481 e. The average Bonchev–Trinajstić information content (AvgIpc) is 3.40. The Hall–Kier alpha value is -5.10. The van der Waals surface area contributed by atoms with Crippen LogP contribution in [0.3, 0.4) is 0 Å². The van der Waals surface area contributed by atoms with E-state index in [-0.39, 0.29) is 38.0 Å². The Balaban J connectivity index is 1.30. The third-order valence-electron chi connectivity index (χ3n) is 8.64. The van der Waals surface area contributed by atoms with Gasteiger partial charge < -0.3 is 31.1 Å². The Bertz CT molecular complexity index is 1560. The van der Waals surface area contributed by atoms with Crippen molar-refractivity contribution < 1.29 is 34.2 Å². The maximum Gasteiger partial charge on any atom is 0.305 e. The number of aliphatic hydroxyl groups excluding tert-OH is 1. The summed E-state index contributed by atoms with van der Waals surface area (Å²) in [7, 11) is 0. The first kappa shape index (κ1) is 33.3. The van der Waals surface area contributed by atoms with Gasteiger partial charge in [-0.2, -0.15) is 0 Å². The van der Waals surface area contributed by atoms with Crippen molar-refractivity contribution in [1.82, 2.24) is 25.8 Å². The first-order valence-electron chi connectivity index (χ1n) is 15.8. The number of hydrogen-bond donors (Lipinski definition) is 5. The van der Waals surface area contributed by atoms with Crippen LogP contribution in [0, 0.1) is 0 Å². The van der Waals surface area contributed by atoms with E-state index in [1.54, 1.807) is 24.5 Å². The van der Waals surface area contributed by atoms with Crippen molar-refractivity contribution in [2.45, 2.75) is 81.3 Å². The molecule has 2 fully saturated rings. The molecule has 5 rings (SSSR count). The van der Waals surface area contributed by atoms with Crippen LogP contribution in [-0.4, -0.2) is 86.0 Å². The van der Waals surface area contributed by atoms with Gasteiger partial charge in [0.05, 0.1) is 25.0 Å². The van der Waals surface area contributed by atoms with E-state index in [9.17, 15) is 34.2 Å². The molecule has 12 heteroatoms. The monoisotopic (exact) mass is 641 g/mol. The summed E-state index contributed by atoms with van der Waals surface area (Å²) in [5, 5.41) is 28.7. The number of nitrogens with zero attached hydrogens (tertiary/aromatic N) is 2. The number of piperidine rings is 1. The number of benzene rings is 2. The van der Waals surface area contributed by atoms with Gasteiger partial charge in [-0.15, -0.1) is 0 Å². The molecular formula is C35H39N5O7. The molecule has 0 saturated carbocycles. The first-order valence-corrected chi connectivity index (χ1v) is 15.8. The zero-order valence-electron chi connectivity index (χ0n) is 25.8. The van der Waals surface area contributed by atoms with E-state index < -0.39 is 60.0 Å². The van der Waals surface area contributed by atoms with E-state index in [0.29, 0.717) is 18.4 Å². The van der Waals surface area contributed by atoms with Crippen LogP contribution < -0.4 is 16.0 Å². The molecule has 4 amide bonds. The standard InChI is InChI=1S/C35H39N5O7/c41-30-20-29(40-28(30)14-13-26(35(40)47)38-31(42)18-23-10-5-2-6-11-23)34(46)39-27(17-24-12-7-15-36-21-24)33(45)37-25(19-32(43)44)16-22-8-3-1-4-9-22/h1-12,15,21,25-30,41H,13-14,16-20H2,(H,37,45)(H,38,42)(H,39,46)(H,43,44)/t25-,26-,27-,28-,29-,30-/m0/s1. The zero-order valence-corrected chi connectivity index (χ0v) is 25.8. The van der Waals surface area contributed by atoms with Crippen LogP contribution in [0.1, 0.15) is 42.4 Å². The van der Waals surface area contributed by atoms with Crippen LogP contribution in [0.5, 0.6) is 0 Å². The molecule has 246 valence electrons. The Morgan fingerprint density at radius 1 is 0.872 bits per heavy atom. The predicted molar refractivity (Wildman–Crippen MR) is 171 cm³/mol. The van der Waals surface area contributed by atoms with Gasteiger partial charge in [0, 0.05) is 31.3 Å². The summed E-state index contributed by atoms with van der Waals surface area (Å²) >= 11 is 0. The number of nitrogens with one attached hydrogen (secondary N) is 3. The van der Waals surface area contributed by atoms with Crippen molar-refractivity contribution in [3.8, 4) is 0 Å². The van der Waals surface area contributed by atoms with E-state index in [0.717, 1.165) is 11.1 Å². The van der Waals surface area contributed by atoms with Crippen molar-refractivity contribution in [2.24, 2.45) is 0 Å². The van der Waals surface area contributed by atoms with E-state index in [2.05, 4.69) is 20.9 Å². The summed E-state index contributed by atoms with van der Waals surface area (Å²) in [5.41, 5.74) is 2.30. The number of aliphatic carboxylic acids is 1. The zero-order chi connectivity index (χ0) is 33.3. The van der Waals surface area contributed by atoms with Gasteiger partial charge in [-0.1, -0.05) is 66.7 Å². The first-order chi connectivity index (χ1) is 22.7. The van der Waals surface area contributed by atoms with Crippen molar-refractivity contribution >= 4 is 29.6 Å². The minimum absolute atomic E-state index is 0.0240. The molecule has 3 heterocycles. The van der Waals surface area contributed by atoms with Crippen LogP contribution in [0.4, 0.5) is 0 Å². The molecular weight excluding hydrogens is 602 g/mol. The van der Waals surface area contributed by atoms with Crippen molar-refractivity contribution in [1.29, 1.82) is 0 Å². The fraction of sp³-hybridized carbons (Fsp3) is 0.371. The molecule has 6 atom stereocenters. The molecule has 2 aliphatic rings. The number of carbonyl (C=O) groups is 5. The second kappa shape index (κ2) is 15.5. The van der Waals surface area contributed by atoms with Crippen molar-refractivity contribution in [2.75, 3.05) is 0 Å². The van der Waals surface area contributed by atoms with Crippen LogP contribution in [0.2, 0.25) is 0 Å². The molecule has 3 aromatic rings. The highest BCUT2D eigenvalue weighted by Gasteiger charge is 2.51. The topological polar surface area (TPSA) is 178 Å². The van der Waals surface area contributed by atoms with E-state index >= 15 is 0 Å². The number of aromatic nitrogens is 1. The number of fused-ring (bicyclic) bond motifs is 1. The number of pyridine rings is 1. The lowest BCUT2D eigenvalue weighted by atomic mass is 9.96. The van der Waals surface area contributed by atoms with Gasteiger partial charge in [-0.25, -0.2) is 0 Å². The SMILES string of the molecule is O=C(O)C[C@H](Cc1ccccc1)NC(=O)[C@H](Cc1cccnc1)NC(=O)[C@@H]1C[C@H](O)[C@@H]2CC[C@H](NC(=O)Cc3ccccc3)C(=O)N12. The molecule has 1 aromatic heterocycles. The molecule has 12 nitrogen and oxygen atoms in total.